The van der Waals surface area contributed by atoms with Crippen molar-refractivity contribution in [2.45, 2.75) is 6.10 Å². The summed E-state index contributed by atoms with van der Waals surface area (Å²) in [6.45, 7) is 1.23. The van der Waals surface area contributed by atoms with Crippen LogP contribution in [0.2, 0.25) is 0 Å². The fourth-order valence-electron chi connectivity index (χ4n) is 0.518. The maximum atomic E-state index is 8.38. The second-order valence-corrected chi connectivity index (χ2v) is 1.51. The molecule has 41 valence electrons. The molecule has 1 fully saturated rings. The van der Waals surface area contributed by atoms with Crippen molar-refractivity contribution < 1.29 is 9.84 Å². The smallest absolute Gasteiger partial charge is 0.113 e. The molecule has 0 spiro atoms. The molecule has 1 atom stereocenters. The number of hydrogen-bond donors (Lipinski definition) is 1. The maximum Gasteiger partial charge on any atom is 0.113 e. The molecule has 7 heavy (non-hydrogen) atoms. The number of ether oxygens (including phenoxy) is 1. The first-order valence-corrected chi connectivity index (χ1v) is 2.29. The molecule has 0 aromatic heterocycles. The summed E-state index contributed by atoms with van der Waals surface area (Å²) in [5.74, 6) is 0. The van der Waals surface area contributed by atoms with Crippen molar-refractivity contribution in [3.63, 3.8) is 0 Å². The third kappa shape index (κ3) is 1.12. The summed E-state index contributed by atoms with van der Waals surface area (Å²) in [6.07, 6.45) is -0.0139. The molecule has 0 amide bonds. The molecule has 1 N–H and O–H groups in total. The topological polar surface area (TPSA) is 43.6 Å². The standard InChI is InChI=1S/C4H8NO2/c6-2-4-1-5-3-7-4/h4,6H,1-3H2. The lowest BCUT2D eigenvalue weighted by Gasteiger charge is -1.98. The zero-order valence-corrected chi connectivity index (χ0v) is 4.00. The molecular weight excluding hydrogens is 94.0 g/mol. The first-order valence-electron chi connectivity index (χ1n) is 2.29. The number of rotatable bonds is 1. The SMILES string of the molecule is OCC1C[N]CO1. The van der Waals surface area contributed by atoms with Gasteiger partial charge in [0.2, 0.25) is 0 Å². The highest BCUT2D eigenvalue weighted by Crippen LogP contribution is 1.94. The van der Waals surface area contributed by atoms with E-state index < -0.39 is 0 Å². The molecule has 3 nitrogen and oxygen atoms in total. The summed E-state index contributed by atoms with van der Waals surface area (Å²) in [5, 5.41) is 12.2. The highest BCUT2D eigenvalue weighted by atomic mass is 16.5. The molecule has 1 heterocycles. The molecule has 1 aliphatic rings. The van der Waals surface area contributed by atoms with Gasteiger partial charge in [0.05, 0.1) is 12.7 Å². The zero-order valence-electron chi connectivity index (χ0n) is 4.00. The number of hydrogen-bond acceptors (Lipinski definition) is 2. The average molecular weight is 102 g/mol. The van der Waals surface area contributed by atoms with Gasteiger partial charge in [-0.1, -0.05) is 0 Å². The van der Waals surface area contributed by atoms with Gasteiger partial charge in [0, 0.05) is 6.54 Å². The van der Waals surface area contributed by atoms with Crippen LogP contribution in [0.1, 0.15) is 0 Å². The van der Waals surface area contributed by atoms with Crippen LogP contribution >= 0.6 is 0 Å². The first-order chi connectivity index (χ1) is 3.43. The van der Waals surface area contributed by atoms with Crippen LogP contribution in [0.25, 0.3) is 0 Å². The van der Waals surface area contributed by atoms with Gasteiger partial charge in [0.1, 0.15) is 6.73 Å². The summed E-state index contributed by atoms with van der Waals surface area (Å²) in [4.78, 5) is 0. The summed E-state index contributed by atoms with van der Waals surface area (Å²) < 4.78 is 4.89. The van der Waals surface area contributed by atoms with E-state index in [9.17, 15) is 0 Å². The quantitative estimate of drug-likeness (QED) is 0.458. The van der Waals surface area contributed by atoms with Crippen LogP contribution in [-0.2, 0) is 4.74 Å². The maximum absolute atomic E-state index is 8.38. The van der Waals surface area contributed by atoms with Gasteiger partial charge < -0.3 is 9.84 Å². The molecule has 3 heteroatoms. The summed E-state index contributed by atoms with van der Waals surface area (Å²) in [7, 11) is 0. The van der Waals surface area contributed by atoms with E-state index in [1.165, 1.54) is 0 Å². The van der Waals surface area contributed by atoms with Crippen LogP contribution in [0.4, 0.5) is 0 Å². The predicted molar refractivity (Wildman–Crippen MR) is 23.8 cm³/mol. The van der Waals surface area contributed by atoms with Gasteiger partial charge in [0.15, 0.2) is 0 Å². The van der Waals surface area contributed by atoms with E-state index in [0.29, 0.717) is 13.3 Å². The number of aliphatic hydroxyl groups is 1. The minimum Gasteiger partial charge on any atom is -0.394 e. The Morgan fingerprint density at radius 3 is 3.00 bits per heavy atom. The Morgan fingerprint density at radius 2 is 2.71 bits per heavy atom. The van der Waals surface area contributed by atoms with Crippen molar-refractivity contribution in [2.24, 2.45) is 0 Å². The second kappa shape index (κ2) is 2.26. The molecular formula is C4H8NO2. The van der Waals surface area contributed by atoms with Gasteiger partial charge in [-0.3, -0.25) is 0 Å². The monoisotopic (exact) mass is 102 g/mol. The fraction of sp³-hybridized carbons (Fsp3) is 1.00. The third-order valence-electron chi connectivity index (χ3n) is 0.938. The van der Waals surface area contributed by atoms with E-state index in [1.807, 2.05) is 0 Å². The van der Waals surface area contributed by atoms with Crippen LogP contribution in [0.15, 0.2) is 0 Å². The number of nitrogens with zero attached hydrogens (tertiary/aromatic N) is 1. The molecule has 1 radical (unpaired) electrons. The van der Waals surface area contributed by atoms with E-state index in [4.69, 9.17) is 9.84 Å². The lowest BCUT2D eigenvalue weighted by molar-refractivity contribution is 0.0628. The van der Waals surface area contributed by atoms with E-state index >= 15 is 0 Å². The second-order valence-electron chi connectivity index (χ2n) is 1.51. The Labute approximate surface area is 42.3 Å². The van der Waals surface area contributed by atoms with Crippen molar-refractivity contribution in [1.82, 2.24) is 5.32 Å². The van der Waals surface area contributed by atoms with Gasteiger partial charge in [-0.2, -0.15) is 0 Å². The van der Waals surface area contributed by atoms with Gasteiger partial charge in [-0.25, -0.2) is 5.32 Å². The van der Waals surface area contributed by atoms with Gasteiger partial charge in [-0.05, 0) is 0 Å². The van der Waals surface area contributed by atoms with Gasteiger partial charge in [-0.15, -0.1) is 0 Å². The largest absolute Gasteiger partial charge is 0.394 e. The molecule has 0 aliphatic carbocycles. The lowest BCUT2D eigenvalue weighted by Crippen LogP contribution is -2.14. The summed E-state index contributed by atoms with van der Waals surface area (Å²) in [6, 6.07) is 0. The molecule has 1 aliphatic heterocycles. The third-order valence-corrected chi connectivity index (χ3v) is 0.938. The first kappa shape index (κ1) is 5.03. The van der Waals surface area contributed by atoms with Crippen LogP contribution in [-0.4, -0.2) is 31.1 Å². The lowest BCUT2D eigenvalue weighted by atomic mass is 10.4. The van der Waals surface area contributed by atoms with Gasteiger partial charge >= 0.3 is 0 Å². The van der Waals surface area contributed by atoms with Crippen LogP contribution in [0.3, 0.4) is 0 Å². The van der Waals surface area contributed by atoms with Crippen LogP contribution in [0.5, 0.6) is 0 Å². The van der Waals surface area contributed by atoms with Crippen molar-refractivity contribution in [3.05, 3.63) is 0 Å². The van der Waals surface area contributed by atoms with E-state index in [0.717, 1.165) is 0 Å². The molecule has 1 rings (SSSR count). The highest BCUT2D eigenvalue weighted by Gasteiger charge is 2.13. The van der Waals surface area contributed by atoms with Crippen LogP contribution < -0.4 is 5.32 Å². The zero-order chi connectivity index (χ0) is 5.11. The Balaban J connectivity index is 2.14. The number of aliphatic hydroxyl groups excluding tert-OH is 1. The molecule has 1 saturated heterocycles. The van der Waals surface area contributed by atoms with Crippen molar-refractivity contribution in [2.75, 3.05) is 19.9 Å². The van der Waals surface area contributed by atoms with Crippen molar-refractivity contribution >= 4 is 0 Å². The minimum atomic E-state index is -0.0139. The predicted octanol–water partition coefficient (Wildman–Crippen LogP) is -1.06. The molecule has 0 aromatic rings. The van der Waals surface area contributed by atoms with E-state index in [2.05, 4.69) is 5.32 Å². The molecule has 0 saturated carbocycles. The van der Waals surface area contributed by atoms with Crippen LogP contribution in [0, 0.1) is 0 Å². The summed E-state index contributed by atoms with van der Waals surface area (Å²) >= 11 is 0. The molecule has 1 unspecified atom stereocenters. The van der Waals surface area contributed by atoms with Crippen molar-refractivity contribution in [3.8, 4) is 0 Å². The van der Waals surface area contributed by atoms with E-state index in [1.54, 1.807) is 0 Å². The Morgan fingerprint density at radius 1 is 1.86 bits per heavy atom. The highest BCUT2D eigenvalue weighted by molar-refractivity contribution is 4.62. The Bertz CT molecular complexity index is 51.7. The van der Waals surface area contributed by atoms with Crippen molar-refractivity contribution in [1.29, 1.82) is 0 Å². The fourth-order valence-corrected chi connectivity index (χ4v) is 0.518. The Kier molecular flexibility index (Phi) is 1.62. The average Bonchev–Trinajstić information content (AvgIpc) is 2.14. The summed E-state index contributed by atoms with van der Waals surface area (Å²) in [5.41, 5.74) is 0. The van der Waals surface area contributed by atoms with E-state index in [-0.39, 0.29) is 12.7 Å². The minimum absolute atomic E-state index is 0.0139. The Hall–Kier alpha value is -0.120. The van der Waals surface area contributed by atoms with Gasteiger partial charge in [0.25, 0.3) is 0 Å². The normalized spacial score (nSPS) is 31.3. The molecule has 0 bridgehead atoms. The molecule has 0 aromatic carbocycles.